The van der Waals surface area contributed by atoms with Crippen LogP contribution in [0.2, 0.25) is 0 Å². The van der Waals surface area contributed by atoms with Crippen molar-refractivity contribution in [1.29, 1.82) is 0 Å². The number of aromatic nitrogens is 3. The Bertz CT molecular complexity index is 3960. The van der Waals surface area contributed by atoms with Crippen LogP contribution in [0.3, 0.4) is 0 Å². The Morgan fingerprint density at radius 1 is 0.310 bits per heavy atom. The highest BCUT2D eigenvalue weighted by atomic mass is 15.0. The lowest BCUT2D eigenvalue weighted by Gasteiger charge is -2.26. The van der Waals surface area contributed by atoms with Gasteiger partial charge in [0.1, 0.15) is 0 Å². The molecule has 0 aliphatic carbocycles. The zero-order valence-electron chi connectivity index (χ0n) is 31.2. The minimum absolute atomic E-state index is 0.126. The Labute approximate surface area is 332 Å². The largest absolute Gasteiger partial charge is 0.310 e. The van der Waals surface area contributed by atoms with Crippen molar-refractivity contribution < 1.29 is 0 Å². The third-order valence-electron chi connectivity index (χ3n) is 13.8. The van der Waals surface area contributed by atoms with Gasteiger partial charge in [0.25, 0.3) is 0 Å². The lowest BCUT2D eigenvalue weighted by Crippen LogP contribution is -2.53. The van der Waals surface area contributed by atoms with Crippen molar-refractivity contribution in [3.05, 3.63) is 182 Å². The normalized spacial score (nSPS) is 13.1. The first-order valence-electron chi connectivity index (χ1n) is 20.3. The van der Waals surface area contributed by atoms with Crippen molar-refractivity contribution >= 4 is 99.6 Å². The van der Waals surface area contributed by atoms with Crippen LogP contribution < -0.4 is 16.4 Å². The van der Waals surface area contributed by atoms with E-state index in [4.69, 9.17) is 0 Å². The number of para-hydroxylation sites is 1. The molecular weight excluding hydrogens is 701 g/mol. The van der Waals surface area contributed by atoms with E-state index in [1.54, 1.807) is 0 Å². The molecule has 0 atom stereocenters. The van der Waals surface area contributed by atoms with Gasteiger partial charge in [0.2, 0.25) is 6.71 Å². The monoisotopic (exact) mass is 731 g/mol. The second kappa shape index (κ2) is 10.2. The van der Waals surface area contributed by atoms with Gasteiger partial charge in [-0.05, 0) is 86.8 Å². The number of nitrogens with zero attached hydrogens (tertiary/aromatic N) is 3. The van der Waals surface area contributed by atoms with Crippen molar-refractivity contribution in [2.24, 2.45) is 0 Å². The van der Waals surface area contributed by atoms with Gasteiger partial charge < -0.3 is 13.4 Å². The molecule has 58 heavy (non-hydrogen) atoms. The maximum atomic E-state index is 2.61. The molecule has 0 bridgehead atoms. The third-order valence-corrected chi connectivity index (χ3v) is 13.8. The van der Waals surface area contributed by atoms with Crippen molar-refractivity contribution in [3.8, 4) is 39.1 Å². The maximum absolute atomic E-state index is 2.61. The summed E-state index contributed by atoms with van der Waals surface area (Å²) in [5.74, 6) is 0. The molecule has 0 amide bonds. The first-order chi connectivity index (χ1) is 28.8. The molecule has 15 rings (SSSR count). The summed E-state index contributed by atoms with van der Waals surface area (Å²) in [6.07, 6.45) is 0. The molecule has 0 saturated heterocycles. The van der Waals surface area contributed by atoms with Crippen molar-refractivity contribution in [3.63, 3.8) is 0 Å². The van der Waals surface area contributed by atoms with E-state index in [0.29, 0.717) is 0 Å². The smallest absolute Gasteiger partial charge is 0.248 e. The molecule has 0 N–H and O–H groups in total. The van der Waals surface area contributed by atoms with Crippen LogP contribution in [0.15, 0.2) is 182 Å². The number of rotatable bonds is 2. The van der Waals surface area contributed by atoms with E-state index in [2.05, 4.69) is 195 Å². The Kier molecular flexibility index (Phi) is 5.24. The van der Waals surface area contributed by atoms with E-state index in [0.717, 1.165) is 0 Å². The van der Waals surface area contributed by atoms with E-state index >= 15 is 0 Å². The van der Waals surface area contributed by atoms with E-state index in [-0.39, 0.29) is 6.71 Å². The predicted molar refractivity (Wildman–Crippen MR) is 245 cm³/mol. The fraction of sp³-hybridized carbons (Fsp3) is 0. The van der Waals surface area contributed by atoms with Gasteiger partial charge in [-0.15, -0.1) is 0 Å². The fourth-order valence-electron chi connectivity index (χ4n) is 11.4. The molecule has 4 aromatic heterocycles. The van der Waals surface area contributed by atoms with Crippen LogP contribution in [0, 0.1) is 0 Å². The van der Waals surface area contributed by atoms with Gasteiger partial charge in [0.15, 0.2) is 0 Å². The minimum atomic E-state index is 0.126. The van der Waals surface area contributed by atoms with E-state index in [1.807, 2.05) is 0 Å². The summed E-state index contributed by atoms with van der Waals surface area (Å²) in [6.45, 7) is 0.126. The zero-order valence-corrected chi connectivity index (χ0v) is 31.2. The van der Waals surface area contributed by atoms with Gasteiger partial charge in [-0.25, -0.2) is 0 Å². The number of benzene rings is 9. The average molecular weight is 732 g/mol. The first-order valence-corrected chi connectivity index (χ1v) is 20.3. The van der Waals surface area contributed by atoms with Gasteiger partial charge >= 0.3 is 0 Å². The molecule has 0 radical (unpaired) electrons. The summed E-state index contributed by atoms with van der Waals surface area (Å²) in [4.78, 5) is 0. The SMILES string of the molecule is c1ccc(-c2ccc3c(c2)c2ccc4c5c2n3-c2cc3c(cc2B5c2ccccc2-4)n2c4ccc(-c5ccccc5)cc4c4ccc5c6ccccc6n3c5c42)cc1. The Balaban J connectivity index is 1.14. The van der Waals surface area contributed by atoms with Crippen LogP contribution >= 0.6 is 0 Å². The van der Waals surface area contributed by atoms with Crippen molar-refractivity contribution in [2.75, 3.05) is 0 Å². The maximum Gasteiger partial charge on any atom is 0.248 e. The molecule has 6 heterocycles. The molecule has 3 nitrogen and oxygen atoms in total. The summed E-state index contributed by atoms with van der Waals surface area (Å²) >= 11 is 0. The fourth-order valence-corrected chi connectivity index (χ4v) is 11.4. The van der Waals surface area contributed by atoms with Crippen LogP contribution in [-0.4, -0.2) is 20.1 Å². The highest BCUT2D eigenvalue weighted by Crippen LogP contribution is 2.45. The molecule has 2 aliphatic heterocycles. The lowest BCUT2D eigenvalue weighted by molar-refractivity contribution is 1.18. The van der Waals surface area contributed by atoms with Crippen LogP contribution in [0.25, 0.3) is 116 Å². The number of hydrogen-bond acceptors (Lipinski definition) is 0. The second-order valence-electron chi connectivity index (χ2n) is 16.4. The van der Waals surface area contributed by atoms with Gasteiger partial charge in [-0.3, -0.25) is 0 Å². The lowest BCUT2D eigenvalue weighted by atomic mass is 9.37. The topological polar surface area (TPSA) is 13.8 Å². The van der Waals surface area contributed by atoms with Gasteiger partial charge in [0, 0.05) is 43.5 Å². The second-order valence-corrected chi connectivity index (χ2v) is 16.4. The summed E-state index contributed by atoms with van der Waals surface area (Å²) < 4.78 is 7.77. The molecule has 264 valence electrons. The first kappa shape index (κ1) is 29.7. The van der Waals surface area contributed by atoms with E-state index in [9.17, 15) is 0 Å². The summed E-state index contributed by atoms with van der Waals surface area (Å²) in [7, 11) is 0. The zero-order chi connectivity index (χ0) is 37.4. The molecule has 0 spiro atoms. The Morgan fingerprint density at radius 2 is 0.879 bits per heavy atom. The highest BCUT2D eigenvalue weighted by molar-refractivity contribution is 7.01. The van der Waals surface area contributed by atoms with Gasteiger partial charge in [0.05, 0.1) is 38.6 Å². The molecule has 2 aliphatic rings. The molecule has 0 fully saturated rings. The van der Waals surface area contributed by atoms with Crippen molar-refractivity contribution in [2.45, 2.75) is 0 Å². The number of fused-ring (bicyclic) bond motifs is 18. The Hall–Kier alpha value is -7.56. The van der Waals surface area contributed by atoms with E-state index < -0.39 is 0 Å². The average Bonchev–Trinajstić information content (AvgIpc) is 4.01. The third kappa shape index (κ3) is 3.42. The molecule has 0 saturated carbocycles. The summed E-state index contributed by atoms with van der Waals surface area (Å²) in [5, 5.41) is 7.77. The van der Waals surface area contributed by atoms with Crippen LogP contribution in [0.5, 0.6) is 0 Å². The molecule has 9 aromatic carbocycles. The Morgan fingerprint density at radius 3 is 1.64 bits per heavy atom. The molecular formula is C54H30BN3. The summed E-state index contributed by atoms with van der Waals surface area (Å²) in [5.41, 5.74) is 23.2. The van der Waals surface area contributed by atoms with Crippen molar-refractivity contribution in [1.82, 2.24) is 13.4 Å². The van der Waals surface area contributed by atoms with Gasteiger partial charge in [-0.2, -0.15) is 0 Å². The minimum Gasteiger partial charge on any atom is -0.310 e. The van der Waals surface area contributed by atoms with Crippen LogP contribution in [0.1, 0.15) is 0 Å². The number of hydrogen-bond donors (Lipinski definition) is 0. The molecule has 4 heteroatoms. The summed E-state index contributed by atoms with van der Waals surface area (Å²) in [6, 6.07) is 68.5. The standard InChI is InChI=1S/C54H30BN3/c1-3-11-31(12-4-1)33-19-25-46-41(27-33)39-22-21-37-35-15-7-9-17-43(35)55-44-29-49-50(30-48(44)56(46)52(39)51(37)55)57-45-18-10-8-16-36(45)38-23-24-40-42-28-34(32-13-5-2-6-14-32)20-26-47(42)58(49)54(40)53(38)57/h1-30H. The molecule has 0 unspecified atom stereocenters. The van der Waals surface area contributed by atoms with Crippen LogP contribution in [-0.2, 0) is 0 Å². The highest BCUT2D eigenvalue weighted by Gasteiger charge is 2.41. The quantitative estimate of drug-likeness (QED) is 0.124. The van der Waals surface area contributed by atoms with E-state index in [1.165, 1.54) is 132 Å². The molecule has 13 aromatic rings. The van der Waals surface area contributed by atoms with Crippen LogP contribution in [0.4, 0.5) is 0 Å². The van der Waals surface area contributed by atoms with Gasteiger partial charge in [-0.1, -0.05) is 145 Å². The predicted octanol–water partition coefficient (Wildman–Crippen LogP) is 11.5.